The lowest BCUT2D eigenvalue weighted by atomic mass is 10.0. The highest BCUT2D eigenvalue weighted by Gasteiger charge is 2.20. The predicted molar refractivity (Wildman–Crippen MR) is 78.5 cm³/mol. The zero-order chi connectivity index (χ0) is 13.2. The Morgan fingerprint density at radius 3 is 2.68 bits per heavy atom. The molecule has 3 nitrogen and oxygen atoms in total. The minimum atomic E-state index is 0.729. The molecule has 1 aromatic carbocycles. The van der Waals surface area contributed by atoms with Gasteiger partial charge in [-0.3, -0.25) is 0 Å². The summed E-state index contributed by atoms with van der Waals surface area (Å²) in [6.45, 7) is 5.17. The Morgan fingerprint density at radius 1 is 1.16 bits per heavy atom. The summed E-state index contributed by atoms with van der Waals surface area (Å²) < 4.78 is 0. The van der Waals surface area contributed by atoms with Gasteiger partial charge in [0, 0.05) is 19.0 Å². The van der Waals surface area contributed by atoms with Crippen LogP contribution in [0, 0.1) is 13.8 Å². The van der Waals surface area contributed by atoms with E-state index in [0.29, 0.717) is 0 Å². The number of nitrogens with one attached hydrogen (secondary N) is 1. The molecule has 4 heteroatoms. The molecule has 1 aromatic heterocycles. The fraction of sp³-hybridized carbons (Fsp3) is 0.467. The van der Waals surface area contributed by atoms with Crippen molar-refractivity contribution in [3.8, 4) is 0 Å². The van der Waals surface area contributed by atoms with E-state index in [9.17, 15) is 0 Å². The van der Waals surface area contributed by atoms with E-state index < -0.39 is 0 Å². The molecular formula is C15H19N3S. The largest absolute Gasteiger partial charge is 0.308 e. The van der Waals surface area contributed by atoms with Gasteiger partial charge < -0.3 is 5.32 Å². The van der Waals surface area contributed by atoms with Crippen molar-refractivity contribution in [2.24, 2.45) is 0 Å². The van der Waals surface area contributed by atoms with Gasteiger partial charge in [0.25, 0.3) is 0 Å². The van der Waals surface area contributed by atoms with Crippen LogP contribution in [0.4, 0.5) is 0 Å². The summed E-state index contributed by atoms with van der Waals surface area (Å²) in [6.07, 6.45) is 3.52. The molecule has 0 unspecified atom stereocenters. The van der Waals surface area contributed by atoms with Crippen molar-refractivity contribution in [1.29, 1.82) is 0 Å². The van der Waals surface area contributed by atoms with Crippen molar-refractivity contribution >= 4 is 11.3 Å². The van der Waals surface area contributed by atoms with Gasteiger partial charge in [-0.05, 0) is 43.4 Å². The number of nitrogens with zero attached hydrogens (tertiary/aromatic N) is 2. The second-order valence-corrected chi connectivity index (χ2v) is 6.49. The van der Waals surface area contributed by atoms with Crippen LogP contribution >= 0.6 is 11.3 Å². The molecule has 1 N–H and O–H groups in total. The van der Waals surface area contributed by atoms with Crippen molar-refractivity contribution in [3.63, 3.8) is 0 Å². The van der Waals surface area contributed by atoms with E-state index in [1.54, 1.807) is 11.3 Å². The topological polar surface area (TPSA) is 37.8 Å². The van der Waals surface area contributed by atoms with Gasteiger partial charge in [0.05, 0.1) is 0 Å². The Labute approximate surface area is 118 Å². The lowest BCUT2D eigenvalue weighted by Crippen LogP contribution is -2.14. The number of aromatic nitrogens is 2. The highest BCUT2D eigenvalue weighted by atomic mass is 32.1. The van der Waals surface area contributed by atoms with E-state index in [2.05, 4.69) is 47.6 Å². The third kappa shape index (κ3) is 3.39. The molecule has 0 radical (unpaired) electrons. The maximum Gasteiger partial charge on any atom is 0.131 e. The second kappa shape index (κ2) is 5.39. The molecule has 0 amide bonds. The number of rotatable bonds is 5. The fourth-order valence-corrected chi connectivity index (χ4v) is 2.87. The van der Waals surface area contributed by atoms with Gasteiger partial charge in [-0.15, -0.1) is 10.2 Å². The summed E-state index contributed by atoms with van der Waals surface area (Å²) in [5.41, 5.74) is 4.01. The summed E-state index contributed by atoms with van der Waals surface area (Å²) in [5.74, 6) is 0. The van der Waals surface area contributed by atoms with E-state index in [1.807, 2.05) is 0 Å². The van der Waals surface area contributed by atoms with Crippen LogP contribution in [0.3, 0.4) is 0 Å². The van der Waals surface area contributed by atoms with E-state index in [0.717, 1.165) is 29.0 Å². The van der Waals surface area contributed by atoms with Crippen LogP contribution < -0.4 is 5.32 Å². The Bertz CT molecular complexity index is 573. The molecule has 0 aliphatic heterocycles. The van der Waals surface area contributed by atoms with Crippen molar-refractivity contribution in [3.05, 3.63) is 44.9 Å². The van der Waals surface area contributed by atoms with Gasteiger partial charge in [-0.1, -0.05) is 29.5 Å². The van der Waals surface area contributed by atoms with E-state index in [4.69, 9.17) is 0 Å². The number of aryl methyl sites for hydroxylation is 2. The van der Waals surface area contributed by atoms with Crippen LogP contribution in [0.15, 0.2) is 18.2 Å². The molecule has 100 valence electrons. The Kier molecular flexibility index (Phi) is 3.62. The molecule has 0 saturated heterocycles. The van der Waals surface area contributed by atoms with Crippen molar-refractivity contribution < 1.29 is 0 Å². The smallest absolute Gasteiger partial charge is 0.131 e. The Hall–Kier alpha value is -1.26. The highest BCUT2D eigenvalue weighted by molar-refractivity contribution is 7.11. The van der Waals surface area contributed by atoms with Crippen LogP contribution in [0.2, 0.25) is 0 Å². The Balaban J connectivity index is 1.63. The van der Waals surface area contributed by atoms with Crippen molar-refractivity contribution in [1.82, 2.24) is 15.5 Å². The van der Waals surface area contributed by atoms with E-state index in [-0.39, 0.29) is 0 Å². The summed E-state index contributed by atoms with van der Waals surface area (Å²) in [4.78, 5) is 0. The SMILES string of the molecule is Cc1ccc(Cc2nnc(CNC3CC3)s2)cc1C. The van der Waals surface area contributed by atoms with Crippen molar-refractivity contribution in [2.45, 2.75) is 45.7 Å². The first kappa shape index (κ1) is 12.8. The molecule has 1 heterocycles. The normalized spacial score (nSPS) is 14.8. The maximum absolute atomic E-state index is 4.29. The summed E-state index contributed by atoms with van der Waals surface area (Å²) >= 11 is 1.72. The highest BCUT2D eigenvalue weighted by Crippen LogP contribution is 2.21. The van der Waals surface area contributed by atoms with Crippen LogP contribution in [0.1, 0.15) is 39.5 Å². The maximum atomic E-state index is 4.29. The molecule has 1 saturated carbocycles. The third-order valence-electron chi connectivity index (χ3n) is 3.55. The molecule has 3 rings (SSSR count). The monoisotopic (exact) mass is 273 g/mol. The fourth-order valence-electron chi connectivity index (χ4n) is 2.04. The predicted octanol–water partition coefficient (Wildman–Crippen LogP) is 3.00. The molecule has 0 spiro atoms. The summed E-state index contributed by atoms with van der Waals surface area (Å²) in [5, 5.41) is 14.2. The van der Waals surface area contributed by atoms with Gasteiger partial charge in [-0.2, -0.15) is 0 Å². The average Bonchev–Trinajstić information content (AvgIpc) is 3.12. The molecule has 0 bridgehead atoms. The lowest BCUT2D eigenvalue weighted by molar-refractivity contribution is 0.678. The first-order valence-electron chi connectivity index (χ1n) is 6.81. The molecule has 1 aliphatic carbocycles. The van der Waals surface area contributed by atoms with Gasteiger partial charge in [0.1, 0.15) is 10.0 Å². The van der Waals surface area contributed by atoms with Gasteiger partial charge in [0.15, 0.2) is 0 Å². The number of hydrogen-bond acceptors (Lipinski definition) is 4. The van der Waals surface area contributed by atoms with Gasteiger partial charge >= 0.3 is 0 Å². The number of hydrogen-bond donors (Lipinski definition) is 1. The van der Waals surface area contributed by atoms with Crippen LogP contribution in [-0.2, 0) is 13.0 Å². The standard InChI is InChI=1S/C15H19N3S/c1-10-3-4-12(7-11(10)2)8-14-17-18-15(19-14)9-16-13-5-6-13/h3-4,7,13,16H,5-6,8-9H2,1-2H3. The molecule has 19 heavy (non-hydrogen) atoms. The first-order valence-corrected chi connectivity index (χ1v) is 7.63. The first-order chi connectivity index (χ1) is 9.20. The van der Waals surface area contributed by atoms with Gasteiger partial charge in [-0.25, -0.2) is 0 Å². The second-order valence-electron chi connectivity index (χ2n) is 5.34. The molecular weight excluding hydrogens is 254 g/mol. The molecule has 1 aliphatic rings. The van der Waals surface area contributed by atoms with Crippen LogP contribution in [0.25, 0.3) is 0 Å². The third-order valence-corrected chi connectivity index (χ3v) is 4.48. The average molecular weight is 273 g/mol. The summed E-state index contributed by atoms with van der Waals surface area (Å²) in [6, 6.07) is 7.35. The Morgan fingerprint density at radius 2 is 1.95 bits per heavy atom. The zero-order valence-electron chi connectivity index (χ0n) is 11.4. The van der Waals surface area contributed by atoms with Crippen LogP contribution in [0.5, 0.6) is 0 Å². The van der Waals surface area contributed by atoms with E-state index >= 15 is 0 Å². The molecule has 1 fully saturated rings. The lowest BCUT2D eigenvalue weighted by Gasteiger charge is -2.02. The van der Waals surface area contributed by atoms with E-state index in [1.165, 1.54) is 29.5 Å². The zero-order valence-corrected chi connectivity index (χ0v) is 12.3. The minimum Gasteiger partial charge on any atom is -0.308 e. The number of benzene rings is 1. The quantitative estimate of drug-likeness (QED) is 0.910. The summed E-state index contributed by atoms with van der Waals surface area (Å²) in [7, 11) is 0. The molecule has 2 aromatic rings. The minimum absolute atomic E-state index is 0.729. The van der Waals surface area contributed by atoms with Gasteiger partial charge in [0.2, 0.25) is 0 Å². The molecule has 0 atom stereocenters. The van der Waals surface area contributed by atoms with Crippen LogP contribution in [-0.4, -0.2) is 16.2 Å². The van der Waals surface area contributed by atoms with Crippen molar-refractivity contribution in [2.75, 3.05) is 0 Å².